The number of aromatic nitrogens is 2. The number of hydrogen-bond donors (Lipinski definition) is 1. The molecule has 3 aliphatic heterocycles. The predicted octanol–water partition coefficient (Wildman–Crippen LogP) is 6.50. The minimum Gasteiger partial charge on any atom is -0.508 e. The number of hydrogen-bond acceptors (Lipinski definition) is 8. The zero-order valence-electron chi connectivity index (χ0n) is 27.9. The molecule has 0 bridgehead atoms. The molecule has 3 fully saturated rings. The SMILES string of the molecule is C=C(F)C(=O)N1CCN(c2nc(OC[C@@]34CCCN3C[C@H](F)C4)nc3c(F)c(-c4cc(O)cc5ccc(F)c(CC)c45)c(F)cc23)C[C@@H]1CC#N. The van der Waals surface area contributed by atoms with E-state index in [1.165, 1.54) is 29.2 Å². The average molecular weight is 707 g/mol. The number of fused-ring (bicyclic) bond motifs is 3. The molecule has 0 saturated carbocycles. The van der Waals surface area contributed by atoms with Crippen LogP contribution in [0.4, 0.5) is 27.8 Å². The maximum atomic E-state index is 17.0. The summed E-state index contributed by atoms with van der Waals surface area (Å²) in [7, 11) is 0. The van der Waals surface area contributed by atoms with Crippen molar-refractivity contribution in [3.05, 3.63) is 65.8 Å². The molecule has 9 nitrogen and oxygen atoms in total. The van der Waals surface area contributed by atoms with Gasteiger partial charge in [0.2, 0.25) is 0 Å². The minimum absolute atomic E-state index is 0.0162. The normalized spacial score (nSPS) is 22.1. The number of rotatable bonds is 8. The Morgan fingerprint density at radius 2 is 1.94 bits per heavy atom. The lowest BCUT2D eigenvalue weighted by Crippen LogP contribution is -2.55. The van der Waals surface area contributed by atoms with Crippen LogP contribution in [0.3, 0.4) is 0 Å². The number of alkyl halides is 1. The highest BCUT2D eigenvalue weighted by atomic mass is 19.1. The number of nitrogens with zero attached hydrogens (tertiary/aromatic N) is 6. The third kappa shape index (κ3) is 5.97. The van der Waals surface area contributed by atoms with Crippen molar-refractivity contribution in [3.63, 3.8) is 0 Å². The van der Waals surface area contributed by atoms with Crippen LogP contribution >= 0.6 is 0 Å². The second-order valence-electron chi connectivity index (χ2n) is 13.5. The number of piperazine rings is 1. The van der Waals surface area contributed by atoms with Crippen molar-refractivity contribution in [3.8, 4) is 29.0 Å². The molecule has 4 aromatic rings. The smallest absolute Gasteiger partial charge is 0.319 e. The van der Waals surface area contributed by atoms with Gasteiger partial charge in [0, 0.05) is 38.0 Å². The summed E-state index contributed by atoms with van der Waals surface area (Å²) in [5.41, 5.74) is -1.34. The first-order valence-corrected chi connectivity index (χ1v) is 16.9. The number of phenolic OH excluding ortho intramolecular Hbond substituents is 1. The molecule has 3 aromatic carbocycles. The molecular weight excluding hydrogens is 671 g/mol. The lowest BCUT2D eigenvalue weighted by atomic mass is 9.91. The van der Waals surface area contributed by atoms with Gasteiger partial charge in [-0.3, -0.25) is 9.69 Å². The van der Waals surface area contributed by atoms with Crippen LogP contribution in [0.1, 0.15) is 38.2 Å². The number of carbonyl (C=O) groups is 1. The van der Waals surface area contributed by atoms with Crippen molar-refractivity contribution >= 4 is 33.4 Å². The van der Waals surface area contributed by atoms with E-state index in [1.807, 2.05) is 11.0 Å². The van der Waals surface area contributed by atoms with Gasteiger partial charge >= 0.3 is 6.01 Å². The summed E-state index contributed by atoms with van der Waals surface area (Å²) in [5.74, 6) is -5.09. The zero-order chi connectivity index (χ0) is 36.2. The molecule has 14 heteroatoms. The fourth-order valence-corrected chi connectivity index (χ4v) is 8.15. The van der Waals surface area contributed by atoms with E-state index in [0.717, 1.165) is 12.5 Å². The predicted molar refractivity (Wildman–Crippen MR) is 180 cm³/mol. The number of benzene rings is 3. The highest BCUT2D eigenvalue weighted by Gasteiger charge is 2.49. The molecule has 3 atom stereocenters. The van der Waals surface area contributed by atoms with Gasteiger partial charge in [0.1, 0.15) is 41.5 Å². The Hall–Kier alpha value is -5.03. The topological polar surface area (TPSA) is 106 Å². The average Bonchev–Trinajstić information content (AvgIpc) is 3.62. The Morgan fingerprint density at radius 3 is 2.69 bits per heavy atom. The van der Waals surface area contributed by atoms with Crippen LogP contribution in [0, 0.1) is 28.8 Å². The molecule has 4 heterocycles. The fraction of sp³-hybridized carbons (Fsp3) is 0.405. The number of phenols is 1. The van der Waals surface area contributed by atoms with Crippen molar-refractivity contribution in [1.29, 1.82) is 5.26 Å². The molecule has 7 rings (SSSR count). The van der Waals surface area contributed by atoms with E-state index in [2.05, 4.69) is 16.5 Å². The number of carbonyl (C=O) groups excluding carboxylic acids is 1. The maximum absolute atomic E-state index is 17.0. The van der Waals surface area contributed by atoms with Gasteiger partial charge in [-0.2, -0.15) is 15.2 Å². The second kappa shape index (κ2) is 13.3. The maximum Gasteiger partial charge on any atom is 0.319 e. The lowest BCUT2D eigenvalue weighted by Gasteiger charge is -2.41. The van der Waals surface area contributed by atoms with Crippen LogP contribution in [-0.4, -0.2) is 87.9 Å². The van der Waals surface area contributed by atoms with Gasteiger partial charge in [-0.1, -0.05) is 19.6 Å². The summed E-state index contributed by atoms with van der Waals surface area (Å²) in [6, 6.07) is 7.21. The van der Waals surface area contributed by atoms with Crippen LogP contribution in [-0.2, 0) is 11.2 Å². The molecule has 51 heavy (non-hydrogen) atoms. The van der Waals surface area contributed by atoms with E-state index in [1.54, 1.807) is 11.8 Å². The highest BCUT2D eigenvalue weighted by Crippen LogP contribution is 2.43. The van der Waals surface area contributed by atoms with Crippen LogP contribution in [0.15, 0.2) is 42.7 Å². The zero-order valence-corrected chi connectivity index (χ0v) is 27.9. The molecule has 0 spiro atoms. The Morgan fingerprint density at radius 1 is 1.14 bits per heavy atom. The molecular formula is C37H35F5N6O3. The van der Waals surface area contributed by atoms with E-state index in [-0.39, 0.29) is 97.0 Å². The van der Waals surface area contributed by atoms with Gasteiger partial charge in [0.25, 0.3) is 5.91 Å². The van der Waals surface area contributed by atoms with E-state index in [0.29, 0.717) is 18.4 Å². The Kier molecular flexibility index (Phi) is 8.95. The molecule has 1 amide bonds. The van der Waals surface area contributed by atoms with Crippen LogP contribution in [0.5, 0.6) is 11.8 Å². The molecule has 0 aliphatic carbocycles. The molecule has 3 saturated heterocycles. The van der Waals surface area contributed by atoms with Gasteiger partial charge in [0.15, 0.2) is 11.6 Å². The van der Waals surface area contributed by atoms with Crippen molar-refractivity contribution in [2.45, 2.75) is 56.8 Å². The van der Waals surface area contributed by atoms with Gasteiger partial charge in [-0.25, -0.2) is 22.0 Å². The number of aryl methyl sites for hydroxylation is 1. The first-order chi connectivity index (χ1) is 24.4. The molecule has 266 valence electrons. The van der Waals surface area contributed by atoms with E-state index in [9.17, 15) is 23.9 Å². The third-order valence-corrected chi connectivity index (χ3v) is 10.5. The van der Waals surface area contributed by atoms with E-state index in [4.69, 9.17) is 4.74 Å². The van der Waals surface area contributed by atoms with Crippen LogP contribution < -0.4 is 9.64 Å². The quantitative estimate of drug-likeness (QED) is 0.164. The monoisotopic (exact) mass is 706 g/mol. The number of ether oxygens (including phenoxy) is 1. The molecule has 1 aromatic heterocycles. The van der Waals surface area contributed by atoms with Crippen molar-refractivity contribution < 1.29 is 36.6 Å². The molecule has 0 unspecified atom stereocenters. The number of anilines is 1. The van der Waals surface area contributed by atoms with Gasteiger partial charge in [-0.15, -0.1) is 0 Å². The third-order valence-electron chi connectivity index (χ3n) is 10.5. The second-order valence-corrected chi connectivity index (χ2v) is 13.5. The molecule has 3 aliphatic rings. The Balaban J connectivity index is 1.39. The van der Waals surface area contributed by atoms with Crippen LogP contribution in [0.25, 0.3) is 32.8 Å². The summed E-state index contributed by atoms with van der Waals surface area (Å²) < 4.78 is 83.0. The number of amides is 1. The van der Waals surface area contributed by atoms with Crippen molar-refractivity contribution in [2.75, 3.05) is 44.2 Å². The van der Waals surface area contributed by atoms with Crippen molar-refractivity contribution in [1.82, 2.24) is 19.8 Å². The Labute approximate surface area is 290 Å². The molecule has 0 radical (unpaired) electrons. The number of aromatic hydroxyl groups is 1. The standard InChI is InChI=1S/C37H35F5N6O3/c1-3-25-28(40)6-5-21-13-24(49)14-26(30(21)25)31-29(41)15-27-33(32(31)42)44-36(51-19-37-8-4-10-47(37)17-22(39)16-37)45-34(27)46-11-12-48(35(50)20(2)38)23(18-46)7-9-43/h5-6,13-15,22-23,49H,2-4,7-8,10-12,16-19H2,1H3/t22-,23+,37+/m1/s1. The van der Waals surface area contributed by atoms with Crippen molar-refractivity contribution in [2.24, 2.45) is 0 Å². The fourth-order valence-electron chi connectivity index (χ4n) is 8.15. The summed E-state index contributed by atoms with van der Waals surface area (Å²) in [6.07, 6.45) is 0.793. The molecule has 1 N–H and O–H groups in total. The number of nitriles is 1. The highest BCUT2D eigenvalue weighted by molar-refractivity contribution is 6.03. The van der Waals surface area contributed by atoms with Gasteiger partial charge in [-0.05, 0) is 72.0 Å². The van der Waals surface area contributed by atoms with E-state index < -0.39 is 52.5 Å². The lowest BCUT2D eigenvalue weighted by molar-refractivity contribution is -0.131. The largest absolute Gasteiger partial charge is 0.508 e. The summed E-state index contributed by atoms with van der Waals surface area (Å²) in [4.78, 5) is 26.4. The summed E-state index contributed by atoms with van der Waals surface area (Å²) >= 11 is 0. The summed E-state index contributed by atoms with van der Waals surface area (Å²) in [6.45, 7) is 5.76. The number of halogens is 5. The van der Waals surface area contributed by atoms with Gasteiger partial charge < -0.3 is 19.6 Å². The van der Waals surface area contributed by atoms with Gasteiger partial charge in [0.05, 0.1) is 29.6 Å². The summed E-state index contributed by atoms with van der Waals surface area (Å²) in [5, 5.41) is 20.7. The van der Waals surface area contributed by atoms with Crippen LogP contribution in [0.2, 0.25) is 0 Å². The van der Waals surface area contributed by atoms with E-state index >= 15 is 13.2 Å². The first kappa shape index (κ1) is 34.4. The Bertz CT molecular complexity index is 2120. The first-order valence-electron chi connectivity index (χ1n) is 16.9. The minimum atomic E-state index is -1.18.